The topological polar surface area (TPSA) is 3.24 Å². The van der Waals surface area contributed by atoms with Gasteiger partial charge in [0.15, 0.2) is 0 Å². The van der Waals surface area contributed by atoms with E-state index in [1.54, 1.807) is 0 Å². The van der Waals surface area contributed by atoms with Crippen LogP contribution in [0.4, 0.5) is 0 Å². The summed E-state index contributed by atoms with van der Waals surface area (Å²) >= 11 is 3.48. The van der Waals surface area contributed by atoms with Crippen LogP contribution in [0.3, 0.4) is 0 Å². The van der Waals surface area contributed by atoms with E-state index in [-0.39, 0.29) is 0 Å². The maximum atomic E-state index is 3.48. The van der Waals surface area contributed by atoms with Gasteiger partial charge in [0.05, 0.1) is 0 Å². The van der Waals surface area contributed by atoms with Crippen molar-refractivity contribution in [3.8, 4) is 0 Å². The fraction of sp³-hybridized carbons (Fsp3) is 0.571. The van der Waals surface area contributed by atoms with Crippen molar-refractivity contribution >= 4 is 15.9 Å². The molecule has 0 radical (unpaired) electrons. The summed E-state index contributed by atoms with van der Waals surface area (Å²) in [5, 5.41) is 0. The lowest BCUT2D eigenvalue weighted by molar-refractivity contribution is 0.211. The highest BCUT2D eigenvalue weighted by Crippen LogP contribution is 2.22. The van der Waals surface area contributed by atoms with E-state index < -0.39 is 0 Å². The quantitative estimate of drug-likeness (QED) is 0.736. The lowest BCUT2D eigenvalue weighted by atomic mass is 10.1. The Bertz CT molecular complexity index is 288. The van der Waals surface area contributed by atoms with Crippen molar-refractivity contribution in [1.82, 2.24) is 4.90 Å². The molecule has 90 valence electrons. The predicted octanol–water partition coefficient (Wildman–Crippen LogP) is 4.63. The second kappa shape index (κ2) is 7.08. The molecular weight excluding hydrogens is 262 g/mol. The van der Waals surface area contributed by atoms with Gasteiger partial charge < -0.3 is 0 Å². The van der Waals surface area contributed by atoms with Crippen LogP contribution >= 0.6 is 15.9 Å². The van der Waals surface area contributed by atoms with Gasteiger partial charge in [0.25, 0.3) is 0 Å². The van der Waals surface area contributed by atoms with E-state index in [1.165, 1.54) is 31.5 Å². The molecule has 16 heavy (non-hydrogen) atoms. The summed E-state index contributed by atoms with van der Waals surface area (Å²) in [7, 11) is 0. The van der Waals surface area contributed by atoms with Gasteiger partial charge in [-0.05, 0) is 50.6 Å². The van der Waals surface area contributed by atoms with Gasteiger partial charge in [-0.25, -0.2) is 0 Å². The monoisotopic (exact) mass is 283 g/mol. The molecular formula is C14H22BrN. The average Bonchev–Trinajstić information content (AvgIpc) is 2.29. The van der Waals surface area contributed by atoms with Crippen LogP contribution < -0.4 is 0 Å². The summed E-state index contributed by atoms with van der Waals surface area (Å²) in [6, 6.07) is 9.21. The first-order valence-corrected chi connectivity index (χ1v) is 6.97. The Morgan fingerprint density at radius 3 is 2.00 bits per heavy atom. The van der Waals surface area contributed by atoms with E-state index >= 15 is 0 Å². The van der Waals surface area contributed by atoms with Crippen LogP contribution in [0.15, 0.2) is 28.7 Å². The van der Waals surface area contributed by atoms with E-state index in [4.69, 9.17) is 0 Å². The van der Waals surface area contributed by atoms with Crippen molar-refractivity contribution in [2.24, 2.45) is 0 Å². The molecule has 0 aliphatic rings. The second-order valence-corrected chi connectivity index (χ2v) is 5.18. The van der Waals surface area contributed by atoms with Crippen molar-refractivity contribution in [2.45, 2.75) is 39.7 Å². The summed E-state index contributed by atoms with van der Waals surface area (Å²) in [6.45, 7) is 9.17. The molecule has 0 spiro atoms. The van der Waals surface area contributed by atoms with E-state index in [0.717, 1.165) is 4.47 Å². The summed E-state index contributed by atoms with van der Waals surface area (Å²) in [6.07, 6.45) is 2.45. The molecule has 0 saturated heterocycles. The smallest absolute Gasteiger partial charge is 0.0319 e. The molecule has 0 aromatic heterocycles. The second-order valence-electron chi connectivity index (χ2n) is 4.26. The maximum Gasteiger partial charge on any atom is 0.0319 e. The van der Waals surface area contributed by atoms with Crippen molar-refractivity contribution < 1.29 is 0 Å². The molecule has 0 amide bonds. The average molecular weight is 284 g/mol. The summed E-state index contributed by atoms with van der Waals surface area (Å²) < 4.78 is 1.15. The van der Waals surface area contributed by atoms with E-state index in [2.05, 4.69) is 65.9 Å². The van der Waals surface area contributed by atoms with Gasteiger partial charge in [-0.2, -0.15) is 0 Å². The first-order valence-electron chi connectivity index (χ1n) is 6.18. The third-order valence-corrected chi connectivity index (χ3v) is 3.45. The molecule has 1 aromatic rings. The van der Waals surface area contributed by atoms with Gasteiger partial charge in [0, 0.05) is 10.5 Å². The zero-order valence-corrected chi connectivity index (χ0v) is 12.1. The molecule has 0 aliphatic heterocycles. The Kier molecular flexibility index (Phi) is 6.07. The third-order valence-electron chi connectivity index (χ3n) is 2.92. The van der Waals surface area contributed by atoms with Crippen LogP contribution in [0.2, 0.25) is 0 Å². The van der Waals surface area contributed by atoms with Crippen molar-refractivity contribution in [3.63, 3.8) is 0 Å². The first-order chi connectivity index (χ1) is 7.69. The number of rotatable bonds is 6. The summed E-state index contributed by atoms with van der Waals surface area (Å²) in [4.78, 5) is 2.56. The molecule has 0 N–H and O–H groups in total. The number of nitrogens with zero attached hydrogens (tertiary/aromatic N) is 1. The number of benzene rings is 1. The Morgan fingerprint density at radius 2 is 1.56 bits per heavy atom. The highest BCUT2D eigenvalue weighted by Gasteiger charge is 2.13. The van der Waals surface area contributed by atoms with Crippen LogP contribution in [-0.4, -0.2) is 18.0 Å². The highest BCUT2D eigenvalue weighted by atomic mass is 79.9. The molecule has 1 unspecified atom stereocenters. The molecule has 1 atom stereocenters. The predicted molar refractivity (Wildman–Crippen MR) is 74.7 cm³/mol. The molecule has 0 bridgehead atoms. The van der Waals surface area contributed by atoms with Gasteiger partial charge in [0.2, 0.25) is 0 Å². The Hall–Kier alpha value is -0.340. The number of halogens is 1. The van der Waals surface area contributed by atoms with Gasteiger partial charge in [0.1, 0.15) is 0 Å². The lowest BCUT2D eigenvalue weighted by Crippen LogP contribution is -2.28. The molecule has 0 aliphatic carbocycles. The standard InChI is InChI=1S/C14H22BrN/c1-4-10-16(11-5-2)12(3)13-6-8-14(15)9-7-13/h6-9,12H,4-5,10-11H2,1-3H3. The molecule has 1 rings (SSSR count). The number of hydrogen-bond donors (Lipinski definition) is 0. The Morgan fingerprint density at radius 1 is 1.06 bits per heavy atom. The van der Waals surface area contributed by atoms with Crippen LogP contribution in [0.5, 0.6) is 0 Å². The first kappa shape index (κ1) is 13.7. The number of hydrogen-bond acceptors (Lipinski definition) is 1. The van der Waals surface area contributed by atoms with Crippen LogP contribution in [-0.2, 0) is 0 Å². The Balaban J connectivity index is 2.72. The van der Waals surface area contributed by atoms with Crippen LogP contribution in [0.1, 0.15) is 45.2 Å². The molecule has 1 nitrogen and oxygen atoms in total. The van der Waals surface area contributed by atoms with Gasteiger partial charge in [-0.1, -0.05) is 41.9 Å². The van der Waals surface area contributed by atoms with E-state index in [9.17, 15) is 0 Å². The normalized spacial score (nSPS) is 13.1. The minimum absolute atomic E-state index is 0.521. The SMILES string of the molecule is CCCN(CCC)C(C)c1ccc(Br)cc1. The van der Waals surface area contributed by atoms with E-state index in [1.807, 2.05) is 0 Å². The summed E-state index contributed by atoms with van der Waals surface area (Å²) in [5.41, 5.74) is 1.41. The maximum absolute atomic E-state index is 3.48. The van der Waals surface area contributed by atoms with Gasteiger partial charge in [-0.3, -0.25) is 4.90 Å². The lowest BCUT2D eigenvalue weighted by Gasteiger charge is -2.28. The van der Waals surface area contributed by atoms with Crippen molar-refractivity contribution in [2.75, 3.05) is 13.1 Å². The molecule has 0 fully saturated rings. The minimum Gasteiger partial charge on any atom is -0.297 e. The summed E-state index contributed by atoms with van der Waals surface area (Å²) in [5.74, 6) is 0. The van der Waals surface area contributed by atoms with Crippen LogP contribution in [0.25, 0.3) is 0 Å². The third kappa shape index (κ3) is 3.91. The fourth-order valence-corrected chi connectivity index (χ4v) is 2.29. The van der Waals surface area contributed by atoms with E-state index in [0.29, 0.717) is 6.04 Å². The van der Waals surface area contributed by atoms with Crippen molar-refractivity contribution in [1.29, 1.82) is 0 Å². The molecule has 1 aromatic carbocycles. The van der Waals surface area contributed by atoms with Gasteiger partial charge in [-0.15, -0.1) is 0 Å². The van der Waals surface area contributed by atoms with Crippen LogP contribution in [0, 0.1) is 0 Å². The Labute approximate surface area is 108 Å². The van der Waals surface area contributed by atoms with Gasteiger partial charge >= 0.3 is 0 Å². The molecule has 0 heterocycles. The minimum atomic E-state index is 0.521. The fourth-order valence-electron chi connectivity index (χ4n) is 2.03. The molecule has 0 saturated carbocycles. The zero-order chi connectivity index (χ0) is 12.0. The zero-order valence-electron chi connectivity index (χ0n) is 10.5. The largest absolute Gasteiger partial charge is 0.297 e. The highest BCUT2D eigenvalue weighted by molar-refractivity contribution is 9.10. The molecule has 2 heteroatoms. The van der Waals surface area contributed by atoms with Crippen molar-refractivity contribution in [3.05, 3.63) is 34.3 Å².